The normalized spacial score (nSPS) is 31.6. The standard InChI is InChI=1S/C13H22O3.C2H6/c1-8-5-12(16-13(15)7-14)6-9(2)11(4)10(8)3;1-2/h5,8-11,14H,6-7H2,1-4H3;1-2H3. The molecule has 106 valence electrons. The summed E-state index contributed by atoms with van der Waals surface area (Å²) < 4.78 is 5.13. The van der Waals surface area contributed by atoms with Gasteiger partial charge in [-0.15, -0.1) is 0 Å². The minimum absolute atomic E-state index is 0.404. The molecular weight excluding hydrogens is 228 g/mol. The number of rotatable bonds is 2. The molecule has 1 aliphatic carbocycles. The van der Waals surface area contributed by atoms with Gasteiger partial charge >= 0.3 is 5.97 Å². The van der Waals surface area contributed by atoms with E-state index in [1.165, 1.54) is 0 Å². The summed E-state index contributed by atoms with van der Waals surface area (Å²) in [6.07, 6.45) is 2.81. The lowest BCUT2D eigenvalue weighted by molar-refractivity contribution is -0.143. The van der Waals surface area contributed by atoms with Crippen molar-refractivity contribution in [1.29, 1.82) is 0 Å². The highest BCUT2D eigenvalue weighted by atomic mass is 16.5. The fourth-order valence-electron chi connectivity index (χ4n) is 2.27. The molecule has 0 aromatic carbocycles. The van der Waals surface area contributed by atoms with Crippen molar-refractivity contribution in [3.05, 3.63) is 11.8 Å². The Labute approximate surface area is 111 Å². The summed E-state index contributed by atoms with van der Waals surface area (Å²) in [5, 5.41) is 8.67. The molecule has 1 aliphatic rings. The van der Waals surface area contributed by atoms with E-state index in [9.17, 15) is 4.79 Å². The van der Waals surface area contributed by atoms with Crippen molar-refractivity contribution in [2.75, 3.05) is 6.61 Å². The Morgan fingerprint density at radius 3 is 2.33 bits per heavy atom. The molecule has 0 bridgehead atoms. The molecule has 0 saturated carbocycles. The van der Waals surface area contributed by atoms with E-state index in [2.05, 4.69) is 27.7 Å². The van der Waals surface area contributed by atoms with Crippen LogP contribution >= 0.6 is 0 Å². The van der Waals surface area contributed by atoms with Crippen LogP contribution in [-0.2, 0) is 9.53 Å². The molecule has 1 rings (SSSR count). The number of hydrogen-bond donors (Lipinski definition) is 1. The fourth-order valence-corrected chi connectivity index (χ4v) is 2.27. The van der Waals surface area contributed by atoms with Gasteiger partial charge in [-0.2, -0.15) is 0 Å². The first-order valence-electron chi connectivity index (χ1n) is 6.98. The van der Waals surface area contributed by atoms with Crippen LogP contribution in [0.3, 0.4) is 0 Å². The summed E-state index contributed by atoms with van der Waals surface area (Å²) in [5.74, 6) is 2.25. The zero-order valence-corrected chi connectivity index (χ0v) is 12.6. The minimum Gasteiger partial charge on any atom is -0.430 e. The van der Waals surface area contributed by atoms with Crippen molar-refractivity contribution in [2.45, 2.75) is 48.0 Å². The maximum Gasteiger partial charge on any atom is 0.336 e. The Morgan fingerprint density at radius 2 is 1.83 bits per heavy atom. The Balaban J connectivity index is 0.00000137. The van der Waals surface area contributed by atoms with Crippen LogP contribution in [0.15, 0.2) is 11.8 Å². The third-order valence-corrected chi connectivity index (χ3v) is 3.90. The number of hydrogen-bond acceptors (Lipinski definition) is 3. The number of esters is 1. The Bertz CT molecular complexity index is 283. The van der Waals surface area contributed by atoms with Crippen LogP contribution in [0.1, 0.15) is 48.0 Å². The molecule has 4 atom stereocenters. The summed E-state index contributed by atoms with van der Waals surface area (Å²) >= 11 is 0. The van der Waals surface area contributed by atoms with E-state index in [-0.39, 0.29) is 0 Å². The maximum absolute atomic E-state index is 11.1. The first-order chi connectivity index (χ1) is 8.45. The molecule has 0 spiro atoms. The third kappa shape index (κ3) is 4.81. The van der Waals surface area contributed by atoms with Gasteiger partial charge in [-0.25, -0.2) is 4.79 Å². The van der Waals surface area contributed by atoms with Crippen molar-refractivity contribution in [3.8, 4) is 0 Å². The fraction of sp³-hybridized carbons (Fsp3) is 0.800. The molecule has 0 amide bonds. The Kier molecular flexibility index (Phi) is 7.92. The number of allylic oxidation sites excluding steroid dienone is 2. The van der Waals surface area contributed by atoms with Crippen LogP contribution in [0, 0.1) is 23.7 Å². The molecule has 0 fully saturated rings. The number of ether oxygens (including phenoxy) is 1. The van der Waals surface area contributed by atoms with Crippen LogP contribution in [0.2, 0.25) is 0 Å². The molecule has 0 aromatic heterocycles. The van der Waals surface area contributed by atoms with Crippen molar-refractivity contribution in [1.82, 2.24) is 0 Å². The second kappa shape index (κ2) is 8.30. The highest BCUT2D eigenvalue weighted by molar-refractivity contribution is 5.71. The average molecular weight is 256 g/mol. The summed E-state index contributed by atoms with van der Waals surface area (Å²) in [4.78, 5) is 11.1. The van der Waals surface area contributed by atoms with Gasteiger partial charge < -0.3 is 9.84 Å². The number of carbonyl (C=O) groups excluding carboxylic acids is 1. The molecule has 3 nitrogen and oxygen atoms in total. The second-order valence-electron chi connectivity index (χ2n) is 5.02. The molecule has 4 unspecified atom stereocenters. The lowest BCUT2D eigenvalue weighted by Crippen LogP contribution is -2.19. The highest BCUT2D eigenvalue weighted by Gasteiger charge is 2.28. The molecule has 1 N–H and O–H groups in total. The van der Waals surface area contributed by atoms with E-state index in [1.54, 1.807) is 0 Å². The number of aliphatic hydroxyl groups is 1. The lowest BCUT2D eigenvalue weighted by Gasteiger charge is -2.25. The molecule has 3 heteroatoms. The van der Waals surface area contributed by atoms with Gasteiger partial charge in [0.05, 0.1) is 0 Å². The molecule has 18 heavy (non-hydrogen) atoms. The average Bonchev–Trinajstić information content (AvgIpc) is 2.45. The number of carbonyl (C=O) groups is 1. The van der Waals surface area contributed by atoms with Crippen molar-refractivity contribution < 1.29 is 14.6 Å². The number of aliphatic hydroxyl groups excluding tert-OH is 1. The van der Waals surface area contributed by atoms with Gasteiger partial charge in [0.15, 0.2) is 0 Å². The second-order valence-corrected chi connectivity index (χ2v) is 5.02. The summed E-state index contributed by atoms with van der Waals surface area (Å²) in [7, 11) is 0. The van der Waals surface area contributed by atoms with Gasteiger partial charge in [-0.3, -0.25) is 0 Å². The van der Waals surface area contributed by atoms with E-state index in [1.807, 2.05) is 19.9 Å². The quantitative estimate of drug-likeness (QED) is 0.770. The van der Waals surface area contributed by atoms with Crippen LogP contribution in [-0.4, -0.2) is 17.7 Å². The van der Waals surface area contributed by atoms with Gasteiger partial charge in [-0.05, 0) is 29.7 Å². The van der Waals surface area contributed by atoms with Crippen molar-refractivity contribution in [2.24, 2.45) is 23.7 Å². The zero-order chi connectivity index (χ0) is 14.3. The van der Waals surface area contributed by atoms with Crippen LogP contribution in [0.4, 0.5) is 0 Å². The molecule has 0 aliphatic heterocycles. The SMILES string of the molecule is CC.CC1C=C(OC(=O)CO)CC(C)C(C)C1C. The monoisotopic (exact) mass is 256 g/mol. The molecular formula is C15H28O3. The summed E-state index contributed by atoms with van der Waals surface area (Å²) in [6.45, 7) is 12.3. The first-order valence-corrected chi connectivity index (χ1v) is 6.98. The van der Waals surface area contributed by atoms with Crippen molar-refractivity contribution in [3.63, 3.8) is 0 Å². The predicted molar refractivity (Wildman–Crippen MR) is 73.9 cm³/mol. The van der Waals surface area contributed by atoms with Crippen molar-refractivity contribution >= 4 is 5.97 Å². The summed E-state index contributed by atoms with van der Waals surface area (Å²) in [6, 6.07) is 0. The first kappa shape index (κ1) is 17.2. The van der Waals surface area contributed by atoms with Gasteiger partial charge in [0.2, 0.25) is 0 Å². The maximum atomic E-state index is 11.1. The highest BCUT2D eigenvalue weighted by Crippen LogP contribution is 2.35. The minimum atomic E-state index is -0.562. The van der Waals surface area contributed by atoms with E-state index >= 15 is 0 Å². The van der Waals surface area contributed by atoms with Crippen LogP contribution < -0.4 is 0 Å². The largest absolute Gasteiger partial charge is 0.430 e. The Morgan fingerprint density at radius 1 is 1.28 bits per heavy atom. The molecule has 0 radical (unpaired) electrons. The van der Waals surface area contributed by atoms with Gasteiger partial charge in [0.1, 0.15) is 12.4 Å². The topological polar surface area (TPSA) is 46.5 Å². The van der Waals surface area contributed by atoms with Gasteiger partial charge in [0, 0.05) is 6.42 Å². The third-order valence-electron chi connectivity index (χ3n) is 3.90. The lowest BCUT2D eigenvalue weighted by atomic mass is 9.80. The predicted octanol–water partition coefficient (Wildman–Crippen LogP) is 3.38. The van der Waals surface area contributed by atoms with E-state index < -0.39 is 12.6 Å². The van der Waals surface area contributed by atoms with E-state index in [0.717, 1.165) is 12.2 Å². The van der Waals surface area contributed by atoms with Crippen LogP contribution in [0.25, 0.3) is 0 Å². The zero-order valence-electron chi connectivity index (χ0n) is 12.6. The van der Waals surface area contributed by atoms with Crippen LogP contribution in [0.5, 0.6) is 0 Å². The van der Waals surface area contributed by atoms with E-state index in [4.69, 9.17) is 9.84 Å². The Hall–Kier alpha value is -0.830. The van der Waals surface area contributed by atoms with Gasteiger partial charge in [-0.1, -0.05) is 41.5 Å². The molecule has 0 saturated heterocycles. The summed E-state index contributed by atoms with van der Waals surface area (Å²) in [5.41, 5.74) is 0. The molecule has 0 heterocycles. The van der Waals surface area contributed by atoms with E-state index in [0.29, 0.717) is 23.7 Å². The smallest absolute Gasteiger partial charge is 0.336 e. The molecule has 0 aromatic rings. The van der Waals surface area contributed by atoms with Gasteiger partial charge in [0.25, 0.3) is 0 Å².